The van der Waals surface area contributed by atoms with Gasteiger partial charge < -0.3 is 14.6 Å². The van der Waals surface area contributed by atoms with Crippen molar-refractivity contribution in [1.82, 2.24) is 4.98 Å². The maximum absolute atomic E-state index is 13.7. The maximum Gasteiger partial charge on any atom is 0.309 e. The highest BCUT2D eigenvalue weighted by Gasteiger charge is 2.30. The minimum Gasteiger partial charge on any atom is -0.497 e. The molecule has 5 nitrogen and oxygen atoms in total. The normalized spacial score (nSPS) is 21.2. The van der Waals surface area contributed by atoms with Crippen LogP contribution < -0.4 is 4.74 Å². The summed E-state index contributed by atoms with van der Waals surface area (Å²) in [6.45, 7) is 0. The lowest BCUT2D eigenvalue weighted by molar-refractivity contribution is -0.156. The van der Waals surface area contributed by atoms with Crippen molar-refractivity contribution < 1.29 is 23.8 Å². The highest BCUT2D eigenvalue weighted by Crippen LogP contribution is 2.46. The molecule has 1 saturated heterocycles. The Morgan fingerprint density at radius 3 is 2.66 bits per heavy atom. The van der Waals surface area contributed by atoms with E-state index in [0.717, 1.165) is 46.1 Å². The molecule has 1 aliphatic heterocycles. The first-order valence-electron chi connectivity index (χ1n) is 10.8. The third-order valence-corrected chi connectivity index (χ3v) is 6.02. The summed E-state index contributed by atoms with van der Waals surface area (Å²) in [4.78, 5) is 16.7. The van der Waals surface area contributed by atoms with Crippen LogP contribution in [0, 0.1) is 5.82 Å². The van der Waals surface area contributed by atoms with Crippen molar-refractivity contribution in [3.8, 4) is 16.9 Å². The SMILES string of the molecule is COc1ccc2nc(C3CC3)c(/C=C/[C@@H]3C[C@@H](O)CC(=O)O3)c(-c3ccc(F)cc3)c2c1. The van der Waals surface area contributed by atoms with E-state index in [1.54, 1.807) is 19.2 Å². The number of halogens is 1. The first-order chi connectivity index (χ1) is 15.5. The van der Waals surface area contributed by atoms with Crippen LogP contribution in [0.1, 0.15) is 42.9 Å². The highest BCUT2D eigenvalue weighted by atomic mass is 19.1. The van der Waals surface area contributed by atoms with Crippen molar-refractivity contribution in [2.45, 2.75) is 43.8 Å². The predicted molar refractivity (Wildman–Crippen MR) is 120 cm³/mol. The fourth-order valence-electron chi connectivity index (χ4n) is 4.30. The van der Waals surface area contributed by atoms with Crippen LogP contribution in [0.5, 0.6) is 5.75 Å². The molecule has 2 fully saturated rings. The smallest absolute Gasteiger partial charge is 0.309 e. The number of fused-ring (bicyclic) bond motifs is 1. The Balaban J connectivity index is 1.71. The molecule has 0 spiro atoms. The van der Waals surface area contributed by atoms with Gasteiger partial charge >= 0.3 is 5.97 Å². The minimum atomic E-state index is -0.704. The second-order valence-electron chi connectivity index (χ2n) is 8.43. The van der Waals surface area contributed by atoms with E-state index < -0.39 is 18.2 Å². The van der Waals surface area contributed by atoms with Crippen molar-refractivity contribution >= 4 is 22.9 Å². The molecular weight excluding hydrogens is 409 g/mol. The summed E-state index contributed by atoms with van der Waals surface area (Å²) in [5.74, 6) is 0.370. The van der Waals surface area contributed by atoms with Gasteiger partial charge in [0.2, 0.25) is 0 Å². The Morgan fingerprint density at radius 2 is 1.97 bits per heavy atom. The van der Waals surface area contributed by atoms with Crippen LogP contribution in [0.25, 0.3) is 28.1 Å². The quantitative estimate of drug-likeness (QED) is 0.573. The number of hydrogen-bond donors (Lipinski definition) is 1. The Labute approximate surface area is 185 Å². The number of aromatic nitrogens is 1. The molecule has 32 heavy (non-hydrogen) atoms. The molecule has 1 aliphatic carbocycles. The van der Waals surface area contributed by atoms with Crippen LogP contribution in [-0.2, 0) is 9.53 Å². The van der Waals surface area contributed by atoms with Gasteiger partial charge in [-0.2, -0.15) is 0 Å². The minimum absolute atomic E-state index is 0.0236. The van der Waals surface area contributed by atoms with E-state index >= 15 is 0 Å². The molecule has 0 radical (unpaired) electrons. The number of aliphatic hydroxyl groups is 1. The van der Waals surface area contributed by atoms with E-state index in [-0.39, 0.29) is 12.2 Å². The molecule has 0 bridgehead atoms. The average molecular weight is 433 g/mol. The second-order valence-corrected chi connectivity index (χ2v) is 8.43. The topological polar surface area (TPSA) is 68.7 Å². The summed E-state index contributed by atoms with van der Waals surface area (Å²) in [7, 11) is 1.62. The molecule has 2 aliphatic rings. The molecule has 2 heterocycles. The van der Waals surface area contributed by atoms with Crippen molar-refractivity contribution in [3.05, 3.63) is 65.6 Å². The van der Waals surface area contributed by atoms with Crippen LogP contribution in [0.2, 0.25) is 0 Å². The van der Waals surface area contributed by atoms with E-state index in [0.29, 0.717) is 18.1 Å². The molecule has 2 atom stereocenters. The van der Waals surface area contributed by atoms with E-state index in [1.165, 1.54) is 12.1 Å². The second kappa shape index (κ2) is 8.36. The van der Waals surface area contributed by atoms with Gasteiger partial charge in [-0.05, 0) is 54.8 Å². The first kappa shape index (κ1) is 20.6. The standard InChI is InChI=1S/C26H24FNO4/c1-31-19-9-11-23-22(14-19)25(15-4-6-17(27)7-5-15)21(26(28-23)16-2-3-16)10-8-20-12-18(29)13-24(30)32-20/h4-11,14,16,18,20,29H,2-3,12-13H2,1H3/b10-8+/t18-,20-/m1/s1. The van der Waals surface area contributed by atoms with Crippen LogP contribution in [0.4, 0.5) is 4.39 Å². The van der Waals surface area contributed by atoms with Crippen molar-refractivity contribution in [2.24, 2.45) is 0 Å². The summed E-state index contributed by atoms with van der Waals surface area (Å²) in [5, 5.41) is 10.9. The zero-order chi connectivity index (χ0) is 22.2. The Kier molecular flexibility index (Phi) is 5.39. The number of ether oxygens (including phenoxy) is 2. The highest BCUT2D eigenvalue weighted by molar-refractivity contribution is 6.00. The van der Waals surface area contributed by atoms with Crippen molar-refractivity contribution in [2.75, 3.05) is 7.11 Å². The number of carbonyl (C=O) groups excluding carboxylic acids is 1. The van der Waals surface area contributed by atoms with Gasteiger partial charge in [0.25, 0.3) is 0 Å². The number of pyridine rings is 1. The average Bonchev–Trinajstić information content (AvgIpc) is 3.62. The number of rotatable bonds is 5. The Bertz CT molecular complexity index is 1200. The summed E-state index contributed by atoms with van der Waals surface area (Å²) < 4.78 is 24.6. The van der Waals surface area contributed by atoms with E-state index in [9.17, 15) is 14.3 Å². The van der Waals surface area contributed by atoms with Gasteiger partial charge in [-0.1, -0.05) is 18.2 Å². The van der Waals surface area contributed by atoms with Crippen molar-refractivity contribution in [3.63, 3.8) is 0 Å². The number of aliphatic hydroxyl groups excluding tert-OH is 1. The summed E-state index contributed by atoms with van der Waals surface area (Å²) in [6.07, 6.45) is 5.07. The summed E-state index contributed by atoms with van der Waals surface area (Å²) in [5.41, 5.74) is 4.57. The van der Waals surface area contributed by atoms with Gasteiger partial charge in [0.1, 0.15) is 17.7 Å². The van der Waals surface area contributed by atoms with Crippen LogP contribution in [-0.4, -0.2) is 35.4 Å². The molecule has 6 heteroatoms. The van der Waals surface area contributed by atoms with Gasteiger partial charge in [-0.15, -0.1) is 0 Å². The predicted octanol–water partition coefficient (Wildman–Crippen LogP) is 5.01. The zero-order valence-electron chi connectivity index (χ0n) is 17.8. The molecule has 5 rings (SSSR count). The zero-order valence-corrected chi connectivity index (χ0v) is 17.8. The lowest BCUT2D eigenvalue weighted by Gasteiger charge is -2.23. The molecule has 2 aromatic carbocycles. The van der Waals surface area contributed by atoms with E-state index in [2.05, 4.69) is 0 Å². The van der Waals surface area contributed by atoms with Crippen molar-refractivity contribution in [1.29, 1.82) is 0 Å². The largest absolute Gasteiger partial charge is 0.497 e. The van der Waals surface area contributed by atoms with Gasteiger partial charge in [-0.3, -0.25) is 9.78 Å². The first-order valence-corrected chi connectivity index (χ1v) is 10.8. The van der Waals surface area contributed by atoms with Gasteiger partial charge in [0, 0.05) is 28.9 Å². The number of benzene rings is 2. The Hall–Kier alpha value is -3.25. The fourth-order valence-corrected chi connectivity index (χ4v) is 4.30. The molecule has 164 valence electrons. The summed E-state index contributed by atoms with van der Waals surface area (Å²) >= 11 is 0. The van der Waals surface area contributed by atoms with E-state index in [1.807, 2.05) is 30.4 Å². The monoisotopic (exact) mass is 433 g/mol. The van der Waals surface area contributed by atoms with Crippen LogP contribution >= 0.6 is 0 Å². The number of carbonyl (C=O) groups is 1. The fraction of sp³-hybridized carbons (Fsp3) is 0.308. The van der Waals surface area contributed by atoms with E-state index in [4.69, 9.17) is 14.5 Å². The number of nitrogens with zero attached hydrogens (tertiary/aromatic N) is 1. The summed E-state index contributed by atoms with van der Waals surface area (Å²) in [6, 6.07) is 12.2. The van der Waals surface area contributed by atoms with Gasteiger partial charge in [0.05, 0.1) is 30.8 Å². The third kappa shape index (κ3) is 4.10. The number of cyclic esters (lactones) is 1. The molecule has 0 amide bonds. The lowest BCUT2D eigenvalue weighted by Crippen LogP contribution is -2.31. The van der Waals surface area contributed by atoms with Gasteiger partial charge in [0.15, 0.2) is 0 Å². The molecule has 3 aromatic rings. The van der Waals surface area contributed by atoms with Gasteiger partial charge in [-0.25, -0.2) is 4.39 Å². The molecular formula is C26H24FNO4. The third-order valence-electron chi connectivity index (χ3n) is 6.02. The molecule has 1 N–H and O–H groups in total. The molecule has 1 saturated carbocycles. The maximum atomic E-state index is 13.7. The van der Waals surface area contributed by atoms with Crippen LogP contribution in [0.3, 0.4) is 0 Å². The number of methoxy groups -OCH3 is 1. The molecule has 1 aromatic heterocycles. The number of esters is 1. The lowest BCUT2D eigenvalue weighted by atomic mass is 9.91. The Morgan fingerprint density at radius 1 is 1.19 bits per heavy atom. The van der Waals surface area contributed by atoms with Crippen LogP contribution in [0.15, 0.2) is 48.5 Å². The molecule has 0 unspecified atom stereocenters. The number of hydrogen-bond acceptors (Lipinski definition) is 5.